The quantitative estimate of drug-likeness (QED) is 0.916. The van der Waals surface area contributed by atoms with Crippen LogP contribution in [0.3, 0.4) is 0 Å². The number of hydrogen-bond acceptors (Lipinski definition) is 3. The number of benzene rings is 2. The van der Waals surface area contributed by atoms with Crippen molar-refractivity contribution in [3.63, 3.8) is 0 Å². The molecule has 2 amide bonds. The van der Waals surface area contributed by atoms with Crippen LogP contribution in [0.15, 0.2) is 60.7 Å². The molecule has 1 aliphatic heterocycles. The lowest BCUT2D eigenvalue weighted by molar-refractivity contribution is -0.138. The normalized spacial score (nSPS) is 18.2. The highest BCUT2D eigenvalue weighted by Crippen LogP contribution is 2.26. The molecule has 2 aromatic rings. The minimum Gasteiger partial charge on any atom is -0.476 e. The van der Waals surface area contributed by atoms with Crippen molar-refractivity contribution in [2.24, 2.45) is 11.7 Å². The Morgan fingerprint density at radius 3 is 2.25 bits per heavy atom. The molecule has 1 heterocycles. The molecular formula is C19H20N2O3. The Kier molecular flexibility index (Phi) is 4.79. The van der Waals surface area contributed by atoms with Gasteiger partial charge in [-0.05, 0) is 18.6 Å². The number of para-hydroxylation sites is 1. The van der Waals surface area contributed by atoms with Crippen molar-refractivity contribution in [3.8, 4) is 5.75 Å². The molecule has 2 aromatic carbocycles. The fourth-order valence-corrected chi connectivity index (χ4v) is 2.88. The molecule has 1 fully saturated rings. The molecule has 24 heavy (non-hydrogen) atoms. The molecule has 0 bridgehead atoms. The summed E-state index contributed by atoms with van der Waals surface area (Å²) >= 11 is 0. The molecule has 0 aliphatic carbocycles. The van der Waals surface area contributed by atoms with E-state index in [-0.39, 0.29) is 17.7 Å². The number of rotatable bonds is 5. The van der Waals surface area contributed by atoms with E-state index in [9.17, 15) is 9.59 Å². The Bertz CT molecular complexity index is 703. The Balaban J connectivity index is 1.82. The number of hydrogen-bond donors (Lipinski definition) is 1. The predicted octanol–water partition coefficient (Wildman–Crippen LogP) is 2.14. The number of carbonyl (C=O) groups excluding carboxylic acids is 2. The lowest BCUT2D eigenvalue weighted by Gasteiger charge is -2.24. The van der Waals surface area contributed by atoms with Crippen molar-refractivity contribution in [2.75, 3.05) is 13.1 Å². The fraction of sp³-hybridized carbons (Fsp3) is 0.263. The number of likely N-dealkylation sites (tertiary alicyclic amines) is 1. The number of primary amides is 1. The van der Waals surface area contributed by atoms with Gasteiger partial charge in [0.1, 0.15) is 5.75 Å². The molecule has 2 N–H and O–H groups in total. The van der Waals surface area contributed by atoms with Gasteiger partial charge in [-0.1, -0.05) is 48.5 Å². The zero-order valence-electron chi connectivity index (χ0n) is 13.3. The van der Waals surface area contributed by atoms with Crippen molar-refractivity contribution >= 4 is 11.8 Å². The molecule has 1 aliphatic rings. The highest BCUT2D eigenvalue weighted by Gasteiger charge is 2.34. The second kappa shape index (κ2) is 7.17. The van der Waals surface area contributed by atoms with Crippen LogP contribution in [0.1, 0.15) is 18.1 Å². The van der Waals surface area contributed by atoms with Gasteiger partial charge >= 0.3 is 0 Å². The van der Waals surface area contributed by atoms with Crippen molar-refractivity contribution in [3.05, 3.63) is 66.2 Å². The maximum Gasteiger partial charge on any atom is 0.268 e. The summed E-state index contributed by atoms with van der Waals surface area (Å²) in [6, 6.07) is 18.6. The van der Waals surface area contributed by atoms with Crippen molar-refractivity contribution in [1.82, 2.24) is 4.90 Å². The Morgan fingerprint density at radius 2 is 1.67 bits per heavy atom. The average molecular weight is 324 g/mol. The minimum atomic E-state index is -0.736. The smallest absolute Gasteiger partial charge is 0.268 e. The molecular weight excluding hydrogens is 304 g/mol. The minimum absolute atomic E-state index is 0.145. The summed E-state index contributed by atoms with van der Waals surface area (Å²) in [5.74, 6) is -0.146. The lowest BCUT2D eigenvalue weighted by atomic mass is 10.1. The number of nitrogens with zero attached hydrogens (tertiary/aromatic N) is 1. The van der Waals surface area contributed by atoms with E-state index in [0.717, 1.165) is 5.56 Å². The average Bonchev–Trinajstić information content (AvgIpc) is 3.11. The maximum absolute atomic E-state index is 13.0. The van der Waals surface area contributed by atoms with Crippen molar-refractivity contribution in [1.29, 1.82) is 0 Å². The molecule has 0 aromatic heterocycles. The Hall–Kier alpha value is -2.82. The first-order valence-electron chi connectivity index (χ1n) is 8.00. The summed E-state index contributed by atoms with van der Waals surface area (Å²) in [5.41, 5.74) is 6.15. The molecule has 0 unspecified atom stereocenters. The molecule has 0 saturated carbocycles. The van der Waals surface area contributed by atoms with Crippen LogP contribution in [0.4, 0.5) is 0 Å². The van der Waals surface area contributed by atoms with Crippen LogP contribution in [0, 0.1) is 5.92 Å². The standard InChI is InChI=1S/C19H20N2O3/c20-18(22)15-11-12-21(13-15)19(23)17(14-7-3-1-4-8-14)24-16-9-5-2-6-10-16/h1-10,15,17H,11-13H2,(H2,20,22)/t15-,17-/m1/s1. The zero-order chi connectivity index (χ0) is 16.9. The monoisotopic (exact) mass is 324 g/mol. The Labute approximate surface area is 141 Å². The molecule has 124 valence electrons. The highest BCUT2D eigenvalue weighted by molar-refractivity contribution is 5.85. The van der Waals surface area contributed by atoms with Crippen LogP contribution in [0.2, 0.25) is 0 Å². The van der Waals surface area contributed by atoms with E-state index < -0.39 is 6.10 Å². The molecule has 1 saturated heterocycles. The summed E-state index contributed by atoms with van der Waals surface area (Å²) in [7, 11) is 0. The third kappa shape index (κ3) is 3.56. The summed E-state index contributed by atoms with van der Waals surface area (Å²) in [4.78, 5) is 26.0. The van der Waals surface area contributed by atoms with Crippen LogP contribution in [0.5, 0.6) is 5.75 Å². The zero-order valence-corrected chi connectivity index (χ0v) is 13.3. The lowest BCUT2D eigenvalue weighted by Crippen LogP contribution is -2.37. The van der Waals surface area contributed by atoms with Crippen LogP contribution < -0.4 is 10.5 Å². The van der Waals surface area contributed by atoms with Gasteiger partial charge in [0.05, 0.1) is 5.92 Å². The molecule has 0 spiro atoms. The molecule has 2 atom stereocenters. The van der Waals surface area contributed by atoms with E-state index in [1.807, 2.05) is 60.7 Å². The van der Waals surface area contributed by atoms with Crippen LogP contribution in [0.25, 0.3) is 0 Å². The van der Waals surface area contributed by atoms with Gasteiger partial charge < -0.3 is 15.4 Å². The molecule has 5 heteroatoms. The number of nitrogens with two attached hydrogens (primary N) is 1. The van der Waals surface area contributed by atoms with Crippen molar-refractivity contribution in [2.45, 2.75) is 12.5 Å². The van der Waals surface area contributed by atoms with Crippen molar-refractivity contribution < 1.29 is 14.3 Å². The van der Waals surface area contributed by atoms with Gasteiger partial charge in [0, 0.05) is 18.7 Å². The largest absolute Gasteiger partial charge is 0.476 e. The summed E-state index contributed by atoms with van der Waals surface area (Å²) in [6.07, 6.45) is -0.131. The summed E-state index contributed by atoms with van der Waals surface area (Å²) < 4.78 is 5.96. The van der Waals surface area contributed by atoms with Gasteiger partial charge in [0.2, 0.25) is 12.0 Å². The van der Waals surface area contributed by atoms with Crippen LogP contribution >= 0.6 is 0 Å². The number of amides is 2. The van der Waals surface area contributed by atoms with Gasteiger partial charge in [-0.3, -0.25) is 9.59 Å². The van der Waals surface area contributed by atoms with Gasteiger partial charge in [0.15, 0.2) is 0 Å². The van der Waals surface area contributed by atoms with Gasteiger partial charge in [-0.2, -0.15) is 0 Å². The highest BCUT2D eigenvalue weighted by atomic mass is 16.5. The third-order valence-electron chi connectivity index (χ3n) is 4.23. The second-order valence-electron chi connectivity index (χ2n) is 5.89. The first-order chi connectivity index (χ1) is 11.6. The van der Waals surface area contributed by atoms with E-state index in [4.69, 9.17) is 10.5 Å². The Morgan fingerprint density at radius 1 is 1.04 bits per heavy atom. The predicted molar refractivity (Wildman–Crippen MR) is 90.1 cm³/mol. The van der Waals surface area contributed by atoms with Gasteiger partial charge in [0.25, 0.3) is 5.91 Å². The number of carbonyl (C=O) groups is 2. The number of ether oxygens (including phenoxy) is 1. The van der Waals surface area contributed by atoms with Gasteiger partial charge in [-0.25, -0.2) is 0 Å². The first-order valence-corrected chi connectivity index (χ1v) is 8.00. The molecule has 0 radical (unpaired) electrons. The molecule has 3 rings (SSSR count). The van der Waals surface area contributed by atoms with Gasteiger partial charge in [-0.15, -0.1) is 0 Å². The van der Waals surface area contributed by atoms with Crippen LogP contribution in [-0.2, 0) is 9.59 Å². The summed E-state index contributed by atoms with van der Waals surface area (Å²) in [5, 5.41) is 0. The van der Waals surface area contributed by atoms with Crippen LogP contribution in [-0.4, -0.2) is 29.8 Å². The van der Waals surface area contributed by atoms with E-state index in [0.29, 0.717) is 25.3 Å². The third-order valence-corrected chi connectivity index (χ3v) is 4.23. The summed E-state index contributed by atoms with van der Waals surface area (Å²) in [6.45, 7) is 0.879. The molecule has 5 nitrogen and oxygen atoms in total. The SMILES string of the molecule is NC(=O)[C@@H]1CCN(C(=O)[C@H](Oc2ccccc2)c2ccccc2)C1. The van der Waals surface area contributed by atoms with E-state index >= 15 is 0 Å². The van der Waals surface area contributed by atoms with E-state index in [2.05, 4.69) is 0 Å². The van der Waals surface area contributed by atoms with E-state index in [1.54, 1.807) is 4.90 Å². The van der Waals surface area contributed by atoms with E-state index in [1.165, 1.54) is 0 Å². The second-order valence-corrected chi connectivity index (χ2v) is 5.89. The topological polar surface area (TPSA) is 72.6 Å². The first kappa shape index (κ1) is 16.1. The maximum atomic E-state index is 13.0. The fourth-order valence-electron chi connectivity index (χ4n) is 2.88.